The van der Waals surface area contributed by atoms with Crippen molar-refractivity contribution in [1.29, 1.82) is 0 Å². The Morgan fingerprint density at radius 1 is 0.894 bits per heavy atom. The van der Waals surface area contributed by atoms with Crippen LogP contribution in [0, 0.1) is 0 Å². The van der Waals surface area contributed by atoms with Gasteiger partial charge in [-0.15, -0.1) is 0 Å². The summed E-state index contributed by atoms with van der Waals surface area (Å²) in [6.07, 6.45) is -2.69. The molecule has 1 aliphatic rings. The van der Waals surface area contributed by atoms with Gasteiger partial charge in [0.15, 0.2) is 24.1 Å². The first-order chi connectivity index (χ1) is 20.5. The molecule has 0 bridgehead atoms. The third kappa shape index (κ3) is 23.6. The summed E-state index contributed by atoms with van der Waals surface area (Å²) >= 11 is -5.94. The van der Waals surface area contributed by atoms with Gasteiger partial charge in [0.2, 0.25) is 5.79 Å². The van der Waals surface area contributed by atoms with Crippen molar-refractivity contribution >= 4 is 21.0 Å². The van der Waals surface area contributed by atoms with Gasteiger partial charge >= 0.3 is 59.1 Å². The van der Waals surface area contributed by atoms with E-state index in [-0.39, 0.29) is 102 Å². The fourth-order valence-corrected chi connectivity index (χ4v) is 3.33. The zero-order valence-electron chi connectivity index (χ0n) is 29.2. The smallest absolute Gasteiger partial charge is 1.00 e. The van der Waals surface area contributed by atoms with E-state index in [1.807, 2.05) is 0 Å². The number of carbonyl (C=O) groups excluding carboxylic acids is 2. The van der Waals surface area contributed by atoms with Crippen molar-refractivity contribution in [3.63, 3.8) is 0 Å². The van der Waals surface area contributed by atoms with Gasteiger partial charge in [-0.05, 0) is 0 Å². The second-order valence-corrected chi connectivity index (χ2v) is 10.9. The van der Waals surface area contributed by atoms with Gasteiger partial charge in [-0.2, -0.15) is 0 Å². The molecule has 0 spiro atoms. The summed E-state index contributed by atoms with van der Waals surface area (Å²) in [4.78, 5) is 20.9. The normalized spacial score (nSPS) is 23.1. The maximum atomic E-state index is 10.6. The molecule has 1 saturated heterocycles. The van der Waals surface area contributed by atoms with E-state index in [1.165, 1.54) is 21.3 Å². The van der Waals surface area contributed by atoms with E-state index in [0.29, 0.717) is 25.4 Å². The Labute approximate surface area is 328 Å². The summed E-state index contributed by atoms with van der Waals surface area (Å²) in [5.74, 6) is -3.71. The number of aldehydes is 2. The number of rotatable bonds is 17. The molecule has 19 nitrogen and oxygen atoms in total. The van der Waals surface area contributed by atoms with Crippen LogP contribution in [-0.4, -0.2) is 159 Å². The molecule has 0 aromatic heterocycles. The molecule has 47 heavy (non-hydrogen) atoms. The second kappa shape index (κ2) is 32.1. The van der Waals surface area contributed by atoms with E-state index in [0.717, 1.165) is 0 Å². The van der Waals surface area contributed by atoms with E-state index in [2.05, 4.69) is 0 Å². The monoisotopic (exact) mass is 825 g/mol. The summed E-state index contributed by atoms with van der Waals surface area (Å²) < 4.78 is 64.7. The molecule has 0 aromatic rings. The number of aliphatic hydroxyl groups is 7. The summed E-state index contributed by atoms with van der Waals surface area (Å²) in [5, 5.41) is 63.0. The average Bonchev–Trinajstić information content (AvgIpc) is 3.28. The summed E-state index contributed by atoms with van der Waals surface area (Å²) in [6.45, 7) is 3.52. The fraction of sp³-hybridized carbons (Fsp3) is 0.917. The first kappa shape index (κ1) is 60.5. The third-order valence-corrected chi connectivity index (χ3v) is 6.16. The Kier molecular flexibility index (Phi) is 41.4. The zero-order chi connectivity index (χ0) is 35.2. The van der Waals surface area contributed by atoms with E-state index in [4.69, 9.17) is 67.7 Å². The minimum absolute atomic E-state index is 0. The van der Waals surface area contributed by atoms with Gasteiger partial charge in [0, 0.05) is 49.0 Å². The molecular weight excluding hydrogens is 776 g/mol. The standard InChI is InChI=1S/C8H16O5.C8H18O5.C8H14O5.B.IO4.2Na.H/c1-3-8(12-2)7(11)6(10)5(4-9)13-8;2*1-3-8(6-11,12-2)13-7(4-9)5-10;;2-1(3,4)5;;;/h5-7,9-11H,3-4H2,1-2H3;7,9-11H,3-6H2,1-2H3;4,6-7,10H,3,5H2,1-2H3;;;;;/q;;;;-1;2*+1;-1/t5-,6+,7-,8-;8-;7-,8+;;;;;/m110...../s1. The molecule has 0 aromatic carbocycles. The van der Waals surface area contributed by atoms with Crippen LogP contribution in [0.4, 0.5) is 0 Å². The quantitative estimate of drug-likeness (QED) is 0.0310. The van der Waals surface area contributed by atoms with E-state index in [9.17, 15) is 19.8 Å². The van der Waals surface area contributed by atoms with Crippen molar-refractivity contribution < 1.29 is 168 Å². The average molecular weight is 825 g/mol. The molecule has 1 heterocycles. The van der Waals surface area contributed by atoms with Gasteiger partial charge in [-0.1, -0.05) is 20.8 Å². The number of carbonyl (C=O) groups is 2. The number of hydrogen-bond acceptors (Lipinski definition) is 19. The number of hydrogen-bond donors (Lipinski definition) is 7. The predicted octanol–water partition coefficient (Wildman–Crippen LogP) is -16.5. The van der Waals surface area contributed by atoms with Crippen LogP contribution >= 0.6 is 0 Å². The molecule has 0 unspecified atom stereocenters. The van der Waals surface area contributed by atoms with Crippen LogP contribution in [0.5, 0.6) is 0 Å². The van der Waals surface area contributed by atoms with E-state index in [1.54, 1.807) is 20.8 Å². The molecule has 23 heteroatoms. The van der Waals surface area contributed by atoms with Crippen molar-refractivity contribution in [2.45, 2.75) is 87.9 Å². The maximum Gasteiger partial charge on any atom is 1.00 e. The van der Waals surface area contributed by atoms with Gasteiger partial charge in [-0.25, -0.2) is 0 Å². The number of halogens is 1. The molecule has 1 fully saturated rings. The summed E-state index contributed by atoms with van der Waals surface area (Å²) in [7, 11) is 4.11. The molecule has 7 atom stereocenters. The third-order valence-electron chi connectivity index (χ3n) is 6.16. The van der Waals surface area contributed by atoms with Crippen LogP contribution in [0.2, 0.25) is 0 Å². The topological polar surface area (TPSA) is 323 Å². The van der Waals surface area contributed by atoms with Crippen LogP contribution < -0.4 is 93.0 Å². The molecular formula is C24H49BINa2O19. The van der Waals surface area contributed by atoms with E-state index < -0.39 is 74.6 Å². The minimum Gasteiger partial charge on any atom is -1.00 e. The van der Waals surface area contributed by atoms with Crippen LogP contribution in [0.25, 0.3) is 0 Å². The molecule has 1 aliphatic heterocycles. The number of aliphatic hydroxyl groups excluding tert-OH is 7. The number of methoxy groups -OCH3 is 3. The number of ether oxygens (including phenoxy) is 6. The van der Waals surface area contributed by atoms with Gasteiger partial charge in [-0.3, -0.25) is 18.5 Å². The van der Waals surface area contributed by atoms with Gasteiger partial charge in [0.25, 0.3) is 0 Å². The molecule has 0 amide bonds. The first-order valence-corrected chi connectivity index (χ1v) is 16.6. The van der Waals surface area contributed by atoms with Crippen LogP contribution in [0.1, 0.15) is 41.5 Å². The van der Waals surface area contributed by atoms with Crippen molar-refractivity contribution in [1.82, 2.24) is 0 Å². The molecule has 0 saturated carbocycles. The minimum atomic E-state index is -5.94. The van der Waals surface area contributed by atoms with Crippen LogP contribution in [0.15, 0.2) is 0 Å². The molecule has 0 aliphatic carbocycles. The van der Waals surface area contributed by atoms with Gasteiger partial charge in [0.05, 0.1) is 33.0 Å². The Morgan fingerprint density at radius 3 is 1.57 bits per heavy atom. The van der Waals surface area contributed by atoms with Crippen molar-refractivity contribution in [2.24, 2.45) is 0 Å². The predicted molar refractivity (Wildman–Crippen MR) is 141 cm³/mol. The fourth-order valence-electron chi connectivity index (χ4n) is 3.33. The Hall–Kier alpha value is 1.45. The largest absolute Gasteiger partial charge is 1.00 e. The zero-order valence-corrected chi connectivity index (χ0v) is 34.3. The SMILES string of the molecule is CC[C@@](C=O)(OC)O[C@@H](C=O)CO.CC[C@@](CO)(OC)OC(CO)CO.CC[C@@]1(OC)O[C@H](CO)[C@H](O)[C@H]1O.[B].[H-].[Na+].[Na+].[O-][I+3]([O-])([O-])[O-]. The van der Waals surface area contributed by atoms with Crippen LogP contribution in [-0.2, 0) is 38.0 Å². The first-order valence-electron chi connectivity index (χ1n) is 13.1. The Morgan fingerprint density at radius 2 is 1.38 bits per heavy atom. The van der Waals surface area contributed by atoms with Gasteiger partial charge in [0.1, 0.15) is 50.6 Å². The molecule has 271 valence electrons. The van der Waals surface area contributed by atoms with E-state index >= 15 is 0 Å². The summed E-state index contributed by atoms with van der Waals surface area (Å²) in [5.41, 5.74) is 0. The maximum absolute atomic E-state index is 10.6. The molecule has 7 N–H and O–H groups in total. The molecule has 3 radical (unpaired) electrons. The second-order valence-electron chi connectivity index (χ2n) is 8.72. The Balaban J connectivity index is -0.0000000943. The molecule has 1 rings (SSSR count). The Bertz CT molecular complexity index is 720. The summed E-state index contributed by atoms with van der Waals surface area (Å²) in [6, 6.07) is 0. The van der Waals surface area contributed by atoms with Gasteiger partial charge < -0.3 is 70.4 Å². The van der Waals surface area contributed by atoms with Crippen molar-refractivity contribution in [3.05, 3.63) is 0 Å². The van der Waals surface area contributed by atoms with Crippen molar-refractivity contribution in [3.8, 4) is 0 Å². The van der Waals surface area contributed by atoms with Crippen molar-refractivity contribution in [2.75, 3.05) is 54.4 Å². The van der Waals surface area contributed by atoms with Crippen LogP contribution in [0.3, 0.4) is 0 Å².